The third-order valence-corrected chi connectivity index (χ3v) is 5.37. The standard InChI is InChI=1S/C19H14ClNO3S2/c20-15-6-1-2-7-16(15)21-18(22)12-24-19(23)14(17-8-4-10-26-17)11-13-5-3-9-25-13/h1-11H,12H2,(H,21,22). The van der Waals surface area contributed by atoms with Gasteiger partial charge in [-0.3, -0.25) is 4.79 Å². The molecule has 2 heterocycles. The molecule has 7 heteroatoms. The van der Waals surface area contributed by atoms with E-state index < -0.39 is 18.5 Å². The monoisotopic (exact) mass is 403 g/mol. The lowest BCUT2D eigenvalue weighted by molar-refractivity contribution is -0.141. The highest BCUT2D eigenvalue weighted by Crippen LogP contribution is 2.26. The minimum atomic E-state index is -0.546. The summed E-state index contributed by atoms with van der Waals surface area (Å²) in [6, 6.07) is 14.4. The van der Waals surface area contributed by atoms with Gasteiger partial charge in [-0.1, -0.05) is 35.9 Å². The van der Waals surface area contributed by atoms with E-state index in [1.54, 1.807) is 30.3 Å². The predicted molar refractivity (Wildman–Crippen MR) is 108 cm³/mol. The molecule has 0 aliphatic carbocycles. The Balaban J connectivity index is 1.67. The van der Waals surface area contributed by atoms with Gasteiger partial charge in [0.1, 0.15) is 0 Å². The molecule has 2 aromatic heterocycles. The SMILES string of the molecule is O=C(COC(=O)C(=Cc1cccs1)c1cccs1)Nc1ccccc1Cl. The van der Waals surface area contributed by atoms with Crippen molar-refractivity contribution < 1.29 is 14.3 Å². The third-order valence-electron chi connectivity index (χ3n) is 3.32. The van der Waals surface area contributed by atoms with E-state index in [0.717, 1.165) is 9.75 Å². The van der Waals surface area contributed by atoms with Crippen molar-refractivity contribution in [3.8, 4) is 0 Å². The number of hydrogen-bond acceptors (Lipinski definition) is 5. The molecule has 26 heavy (non-hydrogen) atoms. The number of carbonyl (C=O) groups excluding carboxylic acids is 2. The molecule has 132 valence electrons. The van der Waals surface area contributed by atoms with Crippen LogP contribution in [0.3, 0.4) is 0 Å². The number of carbonyl (C=O) groups is 2. The molecule has 0 saturated carbocycles. The molecule has 1 aromatic carbocycles. The number of amides is 1. The molecule has 0 aliphatic rings. The first kappa shape index (κ1) is 18.4. The van der Waals surface area contributed by atoms with E-state index in [2.05, 4.69) is 5.32 Å². The highest BCUT2D eigenvalue weighted by Gasteiger charge is 2.17. The molecule has 4 nitrogen and oxygen atoms in total. The molecule has 1 N–H and O–H groups in total. The number of thiophene rings is 2. The Labute approximate surface area is 163 Å². The van der Waals surface area contributed by atoms with Crippen molar-refractivity contribution in [2.75, 3.05) is 11.9 Å². The van der Waals surface area contributed by atoms with Gasteiger partial charge in [-0.25, -0.2) is 4.79 Å². The lowest BCUT2D eigenvalue weighted by atomic mass is 10.2. The zero-order valence-corrected chi connectivity index (χ0v) is 15.9. The maximum absolute atomic E-state index is 12.5. The molecule has 0 unspecified atom stereocenters. The van der Waals surface area contributed by atoms with Crippen LogP contribution in [0.4, 0.5) is 5.69 Å². The fourth-order valence-electron chi connectivity index (χ4n) is 2.14. The Kier molecular flexibility index (Phi) is 6.22. The number of benzene rings is 1. The quantitative estimate of drug-likeness (QED) is 0.455. The van der Waals surface area contributed by atoms with E-state index >= 15 is 0 Å². The highest BCUT2D eigenvalue weighted by atomic mass is 35.5. The summed E-state index contributed by atoms with van der Waals surface area (Å²) in [7, 11) is 0. The zero-order chi connectivity index (χ0) is 18.4. The van der Waals surface area contributed by atoms with Gasteiger partial charge >= 0.3 is 5.97 Å². The van der Waals surface area contributed by atoms with Crippen LogP contribution in [0.25, 0.3) is 11.6 Å². The van der Waals surface area contributed by atoms with Gasteiger partial charge in [-0.05, 0) is 41.1 Å². The van der Waals surface area contributed by atoms with Gasteiger partial charge in [0.05, 0.1) is 16.3 Å². The number of rotatable bonds is 6. The minimum absolute atomic E-state index is 0.392. The van der Waals surface area contributed by atoms with E-state index in [0.29, 0.717) is 16.3 Å². The normalized spacial score (nSPS) is 11.2. The van der Waals surface area contributed by atoms with Crippen molar-refractivity contribution in [3.63, 3.8) is 0 Å². The van der Waals surface area contributed by atoms with Crippen LogP contribution >= 0.6 is 34.3 Å². The Morgan fingerprint density at radius 3 is 2.50 bits per heavy atom. The second-order valence-electron chi connectivity index (χ2n) is 5.15. The minimum Gasteiger partial charge on any atom is -0.452 e. The largest absolute Gasteiger partial charge is 0.452 e. The maximum atomic E-state index is 12.5. The van der Waals surface area contributed by atoms with Gasteiger partial charge in [-0.2, -0.15) is 0 Å². The molecule has 0 aliphatic heterocycles. The smallest absolute Gasteiger partial charge is 0.340 e. The first-order valence-corrected chi connectivity index (χ1v) is 9.78. The van der Waals surface area contributed by atoms with Crippen LogP contribution in [-0.2, 0) is 14.3 Å². The summed E-state index contributed by atoms with van der Waals surface area (Å²) in [6.07, 6.45) is 1.77. The maximum Gasteiger partial charge on any atom is 0.340 e. The van der Waals surface area contributed by atoms with Crippen molar-refractivity contribution in [2.24, 2.45) is 0 Å². The first-order chi connectivity index (χ1) is 12.6. The average molecular weight is 404 g/mol. The second-order valence-corrected chi connectivity index (χ2v) is 7.49. The van der Waals surface area contributed by atoms with Crippen LogP contribution in [0.15, 0.2) is 59.3 Å². The molecule has 0 bridgehead atoms. The van der Waals surface area contributed by atoms with E-state index in [9.17, 15) is 9.59 Å². The van der Waals surface area contributed by atoms with Crippen molar-refractivity contribution in [3.05, 3.63) is 74.1 Å². The fourth-order valence-corrected chi connectivity index (χ4v) is 3.71. The Morgan fingerprint density at radius 1 is 1.04 bits per heavy atom. The van der Waals surface area contributed by atoms with Crippen molar-refractivity contribution in [1.82, 2.24) is 0 Å². The number of hydrogen-bond donors (Lipinski definition) is 1. The van der Waals surface area contributed by atoms with E-state index in [4.69, 9.17) is 16.3 Å². The molecule has 0 radical (unpaired) electrons. The summed E-state index contributed by atoms with van der Waals surface area (Å²) in [5.74, 6) is -0.997. The van der Waals surface area contributed by atoms with Crippen molar-refractivity contribution in [1.29, 1.82) is 0 Å². The first-order valence-electron chi connectivity index (χ1n) is 7.64. The second kappa shape index (κ2) is 8.80. The van der Waals surface area contributed by atoms with Gasteiger partial charge in [0.15, 0.2) is 6.61 Å². The van der Waals surface area contributed by atoms with Gasteiger partial charge < -0.3 is 10.1 Å². The molecular weight excluding hydrogens is 390 g/mol. The third kappa shape index (κ3) is 4.82. The lowest BCUT2D eigenvalue weighted by Crippen LogP contribution is -2.21. The van der Waals surface area contributed by atoms with Crippen LogP contribution in [0, 0.1) is 0 Å². The number of anilines is 1. The molecule has 0 spiro atoms. The number of esters is 1. The van der Waals surface area contributed by atoms with E-state index in [1.807, 2.05) is 35.0 Å². The summed E-state index contributed by atoms with van der Waals surface area (Å²) in [5, 5.41) is 6.86. The molecular formula is C19H14ClNO3S2. The summed E-state index contributed by atoms with van der Waals surface area (Å²) in [6.45, 7) is -0.392. The molecule has 1 amide bonds. The van der Waals surface area contributed by atoms with E-state index in [-0.39, 0.29) is 0 Å². The number of nitrogens with one attached hydrogen (secondary N) is 1. The lowest BCUT2D eigenvalue weighted by Gasteiger charge is -2.09. The van der Waals surface area contributed by atoms with E-state index in [1.165, 1.54) is 22.7 Å². The molecule has 0 atom stereocenters. The Hall–Kier alpha value is -2.41. The molecule has 0 saturated heterocycles. The van der Waals surface area contributed by atoms with Crippen LogP contribution < -0.4 is 5.32 Å². The Bertz CT molecular complexity index is 918. The molecule has 3 aromatic rings. The van der Waals surface area contributed by atoms with Crippen LogP contribution in [0.2, 0.25) is 5.02 Å². The van der Waals surface area contributed by atoms with Gasteiger partial charge in [-0.15, -0.1) is 22.7 Å². The fraction of sp³-hybridized carbons (Fsp3) is 0.0526. The van der Waals surface area contributed by atoms with Crippen LogP contribution in [0.5, 0.6) is 0 Å². The number of ether oxygens (including phenoxy) is 1. The van der Waals surface area contributed by atoms with Crippen molar-refractivity contribution >= 4 is 63.5 Å². The number of para-hydroxylation sites is 1. The summed E-state index contributed by atoms with van der Waals surface area (Å²) in [4.78, 5) is 26.3. The molecule has 0 fully saturated rings. The van der Waals surface area contributed by atoms with Crippen molar-refractivity contribution in [2.45, 2.75) is 0 Å². The Morgan fingerprint density at radius 2 is 1.81 bits per heavy atom. The summed E-state index contributed by atoms with van der Waals surface area (Å²) >= 11 is 8.96. The summed E-state index contributed by atoms with van der Waals surface area (Å²) in [5.41, 5.74) is 0.899. The van der Waals surface area contributed by atoms with Crippen LogP contribution in [0.1, 0.15) is 9.75 Å². The zero-order valence-electron chi connectivity index (χ0n) is 13.5. The summed E-state index contributed by atoms with van der Waals surface area (Å²) < 4.78 is 5.20. The predicted octanol–water partition coefficient (Wildman–Crippen LogP) is 5.19. The topological polar surface area (TPSA) is 55.4 Å². The van der Waals surface area contributed by atoms with Gasteiger partial charge in [0.25, 0.3) is 5.91 Å². The van der Waals surface area contributed by atoms with Gasteiger partial charge in [0, 0.05) is 9.75 Å². The average Bonchev–Trinajstić information content (AvgIpc) is 3.33. The molecule has 3 rings (SSSR count). The highest BCUT2D eigenvalue weighted by molar-refractivity contribution is 7.12. The van der Waals surface area contributed by atoms with Crippen LogP contribution in [-0.4, -0.2) is 18.5 Å². The number of halogens is 1. The van der Waals surface area contributed by atoms with Gasteiger partial charge in [0.2, 0.25) is 0 Å².